The normalized spacial score (nSPS) is 19.2. The number of carbonyl (C=O) groups excluding carboxylic acids is 2. The summed E-state index contributed by atoms with van der Waals surface area (Å²) in [5, 5.41) is 0. The summed E-state index contributed by atoms with van der Waals surface area (Å²) >= 11 is 0. The fraction of sp³-hybridized carbons (Fsp3) is 0.600. The molecule has 0 saturated heterocycles. The number of ether oxygens (including phenoxy) is 6. The number of ketones is 1. The third-order valence-corrected chi connectivity index (χ3v) is 3.76. The molecule has 0 aliphatic heterocycles. The van der Waals surface area contributed by atoms with Gasteiger partial charge < -0.3 is 28.4 Å². The molecular formula is C15H22O8. The summed E-state index contributed by atoms with van der Waals surface area (Å²) in [5.74, 6) is -4.74. The second-order valence-electron chi connectivity index (χ2n) is 4.60. The molecule has 23 heavy (non-hydrogen) atoms. The van der Waals surface area contributed by atoms with Crippen LogP contribution in [0.4, 0.5) is 0 Å². The second kappa shape index (κ2) is 7.22. The zero-order valence-electron chi connectivity index (χ0n) is 14.3. The minimum Gasteiger partial charge on any atom is -0.495 e. The molecule has 8 nitrogen and oxygen atoms in total. The second-order valence-corrected chi connectivity index (χ2v) is 4.60. The first-order valence-corrected chi connectivity index (χ1v) is 6.66. The first-order chi connectivity index (χ1) is 10.8. The topological polar surface area (TPSA) is 89.5 Å². The Kier molecular flexibility index (Phi) is 6.06. The van der Waals surface area contributed by atoms with Crippen molar-refractivity contribution in [1.29, 1.82) is 0 Å². The third-order valence-electron chi connectivity index (χ3n) is 3.76. The molecule has 0 spiro atoms. The van der Waals surface area contributed by atoms with Gasteiger partial charge >= 0.3 is 5.97 Å². The van der Waals surface area contributed by atoms with Crippen LogP contribution in [0.1, 0.15) is 6.92 Å². The zero-order valence-corrected chi connectivity index (χ0v) is 14.3. The molecule has 0 bridgehead atoms. The molecule has 0 aromatic carbocycles. The van der Waals surface area contributed by atoms with E-state index in [9.17, 15) is 9.59 Å². The lowest BCUT2D eigenvalue weighted by molar-refractivity contribution is -0.364. The highest BCUT2D eigenvalue weighted by atomic mass is 16.8. The lowest BCUT2D eigenvalue weighted by Gasteiger charge is -2.48. The Morgan fingerprint density at radius 2 is 1.35 bits per heavy atom. The number of Topliss-reactive ketones (excluding diaryl/α,β-unsaturated/α-hetero) is 1. The molecule has 0 radical (unpaired) electrons. The smallest absolute Gasteiger partial charge is 0.338 e. The van der Waals surface area contributed by atoms with Crippen molar-refractivity contribution in [1.82, 2.24) is 0 Å². The maximum Gasteiger partial charge on any atom is 0.338 e. The highest BCUT2D eigenvalue weighted by molar-refractivity contribution is 6.06. The molecular weight excluding hydrogens is 308 g/mol. The Labute approximate surface area is 134 Å². The molecule has 0 atom stereocenters. The Balaban J connectivity index is 3.93. The van der Waals surface area contributed by atoms with Crippen LogP contribution in [0, 0.1) is 0 Å². The van der Waals surface area contributed by atoms with Crippen molar-refractivity contribution < 1.29 is 38.0 Å². The molecule has 130 valence electrons. The molecule has 1 aliphatic rings. The summed E-state index contributed by atoms with van der Waals surface area (Å²) in [4.78, 5) is 24.4. The van der Waals surface area contributed by atoms with Gasteiger partial charge in [0, 0.05) is 28.4 Å². The van der Waals surface area contributed by atoms with Crippen molar-refractivity contribution in [3.63, 3.8) is 0 Å². The van der Waals surface area contributed by atoms with Crippen molar-refractivity contribution in [2.75, 3.05) is 42.7 Å². The fourth-order valence-electron chi connectivity index (χ4n) is 2.80. The van der Waals surface area contributed by atoms with Crippen molar-refractivity contribution in [2.45, 2.75) is 18.5 Å². The molecule has 0 N–H and O–H groups in total. The van der Waals surface area contributed by atoms with E-state index in [0.29, 0.717) is 0 Å². The molecule has 0 saturated carbocycles. The molecule has 0 amide bonds. The maximum atomic E-state index is 12.3. The predicted molar refractivity (Wildman–Crippen MR) is 78.3 cm³/mol. The van der Waals surface area contributed by atoms with Crippen LogP contribution in [0.25, 0.3) is 0 Å². The Bertz CT molecular complexity index is 538. The van der Waals surface area contributed by atoms with Crippen LogP contribution >= 0.6 is 0 Å². The van der Waals surface area contributed by atoms with E-state index >= 15 is 0 Å². The number of esters is 1. The molecule has 1 rings (SSSR count). The van der Waals surface area contributed by atoms with Crippen molar-refractivity contribution in [2.24, 2.45) is 0 Å². The average molecular weight is 330 g/mol. The molecule has 8 heteroatoms. The number of hydrogen-bond donors (Lipinski definition) is 0. The van der Waals surface area contributed by atoms with E-state index in [1.165, 1.54) is 55.7 Å². The number of hydrogen-bond acceptors (Lipinski definition) is 8. The van der Waals surface area contributed by atoms with E-state index in [0.717, 1.165) is 0 Å². The van der Waals surface area contributed by atoms with Gasteiger partial charge in [0.25, 0.3) is 11.6 Å². The first-order valence-electron chi connectivity index (χ1n) is 6.66. The van der Waals surface area contributed by atoms with Gasteiger partial charge in [0.1, 0.15) is 0 Å². The zero-order chi connectivity index (χ0) is 17.8. The monoisotopic (exact) mass is 330 g/mol. The van der Waals surface area contributed by atoms with Gasteiger partial charge in [0.05, 0.1) is 25.4 Å². The minimum absolute atomic E-state index is 0.0646. The quantitative estimate of drug-likeness (QED) is 0.494. The maximum absolute atomic E-state index is 12.3. The van der Waals surface area contributed by atoms with E-state index in [1.807, 2.05) is 0 Å². The van der Waals surface area contributed by atoms with Crippen LogP contribution in [0.5, 0.6) is 0 Å². The predicted octanol–water partition coefficient (Wildman–Crippen LogP) is 0.567. The minimum atomic E-state index is -1.87. The molecule has 0 unspecified atom stereocenters. The molecule has 0 aromatic heterocycles. The Morgan fingerprint density at radius 1 is 0.870 bits per heavy atom. The third kappa shape index (κ3) is 2.57. The SMILES string of the molecule is COC(=O)C1=C(C(C)=O)C(OC)(OC)C(OC)(OC)C(OC)=C1. The van der Waals surface area contributed by atoms with E-state index in [4.69, 9.17) is 28.4 Å². The molecule has 0 fully saturated rings. The van der Waals surface area contributed by atoms with E-state index in [2.05, 4.69) is 0 Å². The lowest BCUT2D eigenvalue weighted by atomic mass is 9.82. The molecule has 0 aromatic rings. The van der Waals surface area contributed by atoms with Gasteiger partial charge in [-0.25, -0.2) is 4.79 Å². The average Bonchev–Trinajstić information content (AvgIpc) is 2.58. The van der Waals surface area contributed by atoms with Crippen molar-refractivity contribution in [3.05, 3.63) is 23.0 Å². The summed E-state index contributed by atoms with van der Waals surface area (Å²) < 4.78 is 31.9. The van der Waals surface area contributed by atoms with E-state index in [1.54, 1.807) is 0 Å². The summed E-state index contributed by atoms with van der Waals surface area (Å²) in [5.41, 5.74) is -0.163. The van der Waals surface area contributed by atoms with Gasteiger partial charge in [-0.05, 0) is 13.0 Å². The number of methoxy groups -OCH3 is 6. The van der Waals surface area contributed by atoms with Gasteiger partial charge in [0.15, 0.2) is 11.5 Å². The summed E-state index contributed by atoms with van der Waals surface area (Å²) in [6.07, 6.45) is 1.31. The van der Waals surface area contributed by atoms with E-state index < -0.39 is 23.3 Å². The fourth-order valence-corrected chi connectivity index (χ4v) is 2.80. The number of rotatable bonds is 7. The molecule has 1 aliphatic carbocycles. The Hall–Kier alpha value is -1.74. The van der Waals surface area contributed by atoms with Crippen LogP contribution in [0.3, 0.4) is 0 Å². The summed E-state index contributed by atoms with van der Waals surface area (Å²) in [6, 6.07) is 0. The number of carbonyl (C=O) groups is 2. The van der Waals surface area contributed by atoms with Gasteiger partial charge in [-0.15, -0.1) is 0 Å². The Morgan fingerprint density at radius 3 is 1.65 bits per heavy atom. The largest absolute Gasteiger partial charge is 0.495 e. The summed E-state index contributed by atoms with van der Waals surface area (Å²) in [7, 11) is 7.83. The van der Waals surface area contributed by atoms with Crippen LogP contribution in [-0.4, -0.2) is 66.0 Å². The summed E-state index contributed by atoms with van der Waals surface area (Å²) in [6.45, 7) is 1.27. The van der Waals surface area contributed by atoms with Gasteiger partial charge in [0.2, 0.25) is 0 Å². The van der Waals surface area contributed by atoms with Crippen molar-refractivity contribution in [3.8, 4) is 0 Å². The van der Waals surface area contributed by atoms with Crippen molar-refractivity contribution >= 4 is 11.8 Å². The van der Waals surface area contributed by atoms with Gasteiger partial charge in [-0.3, -0.25) is 4.79 Å². The first kappa shape index (κ1) is 19.3. The van der Waals surface area contributed by atoms with Gasteiger partial charge in [-0.1, -0.05) is 0 Å². The highest BCUT2D eigenvalue weighted by Gasteiger charge is 2.65. The van der Waals surface area contributed by atoms with Crippen LogP contribution < -0.4 is 0 Å². The standard InChI is InChI=1S/C15H22O8/c1-9(16)12-10(13(17)19-3)8-11(18-2)14(20-4,21-5)15(12,22-6)23-7/h8H,1-7H3. The van der Waals surface area contributed by atoms with E-state index in [-0.39, 0.29) is 16.9 Å². The van der Waals surface area contributed by atoms with Gasteiger partial charge in [-0.2, -0.15) is 0 Å². The van der Waals surface area contributed by atoms with Crippen LogP contribution in [0.15, 0.2) is 23.0 Å². The van der Waals surface area contributed by atoms with Crippen LogP contribution in [0.2, 0.25) is 0 Å². The highest BCUT2D eigenvalue weighted by Crippen LogP contribution is 2.47. The molecule has 0 heterocycles. The van der Waals surface area contributed by atoms with Crippen LogP contribution in [-0.2, 0) is 38.0 Å². The lowest BCUT2D eigenvalue weighted by Crippen LogP contribution is -2.64.